The zero-order valence-electron chi connectivity index (χ0n) is 17.8. The van der Waals surface area contributed by atoms with Crippen LogP contribution < -0.4 is 10.6 Å². The van der Waals surface area contributed by atoms with Crippen molar-refractivity contribution in [2.45, 2.75) is 38.2 Å². The van der Waals surface area contributed by atoms with Gasteiger partial charge in [0.1, 0.15) is 0 Å². The highest BCUT2D eigenvalue weighted by Crippen LogP contribution is 2.33. The molecule has 0 spiro atoms. The molecule has 2 heterocycles. The zero-order valence-corrected chi connectivity index (χ0v) is 17.8. The summed E-state index contributed by atoms with van der Waals surface area (Å²) >= 11 is 0. The second-order valence-corrected chi connectivity index (χ2v) is 7.97. The van der Waals surface area contributed by atoms with E-state index in [1.807, 2.05) is 7.05 Å². The van der Waals surface area contributed by atoms with Gasteiger partial charge in [-0.25, -0.2) is 0 Å². The molecule has 6 heteroatoms. The van der Waals surface area contributed by atoms with Crippen molar-refractivity contribution < 1.29 is 14.2 Å². The van der Waals surface area contributed by atoms with Gasteiger partial charge in [0.2, 0.25) is 0 Å². The van der Waals surface area contributed by atoms with Crippen LogP contribution in [-0.4, -0.2) is 59.1 Å². The smallest absolute Gasteiger partial charge is 0.190 e. The lowest BCUT2D eigenvalue weighted by molar-refractivity contribution is -0.0265. The fourth-order valence-corrected chi connectivity index (χ4v) is 4.06. The molecule has 0 aromatic heterocycles. The van der Waals surface area contributed by atoms with Crippen LogP contribution in [0.1, 0.15) is 43.8 Å². The summed E-state index contributed by atoms with van der Waals surface area (Å²) in [5.74, 6) is 1.97. The van der Waals surface area contributed by atoms with Crippen LogP contribution in [-0.2, 0) is 14.2 Å². The minimum atomic E-state index is 0.161. The van der Waals surface area contributed by atoms with Gasteiger partial charge in [-0.05, 0) is 43.6 Å². The molecule has 2 saturated heterocycles. The van der Waals surface area contributed by atoms with E-state index in [2.05, 4.69) is 46.0 Å². The molecule has 0 bridgehead atoms. The van der Waals surface area contributed by atoms with E-state index in [4.69, 9.17) is 14.2 Å². The summed E-state index contributed by atoms with van der Waals surface area (Å²) < 4.78 is 17.3. The SMILES string of the molecule is CN=C(NCCCOCC1CCOCC1)NCC1CCCOC1c1ccccc1. The van der Waals surface area contributed by atoms with E-state index in [0.29, 0.717) is 11.8 Å². The summed E-state index contributed by atoms with van der Waals surface area (Å²) in [7, 11) is 1.82. The van der Waals surface area contributed by atoms with Crippen LogP contribution in [0.4, 0.5) is 0 Å². The lowest BCUT2D eigenvalue weighted by Crippen LogP contribution is -2.42. The van der Waals surface area contributed by atoms with Gasteiger partial charge in [-0.15, -0.1) is 0 Å². The first-order valence-corrected chi connectivity index (χ1v) is 11.1. The minimum absolute atomic E-state index is 0.161. The fraction of sp³-hybridized carbons (Fsp3) is 0.696. The number of guanidine groups is 1. The summed E-state index contributed by atoms with van der Waals surface area (Å²) in [6.07, 6.45) is 5.68. The Morgan fingerprint density at radius 3 is 2.72 bits per heavy atom. The maximum Gasteiger partial charge on any atom is 0.190 e. The first kappa shape index (κ1) is 22.1. The van der Waals surface area contributed by atoms with Gasteiger partial charge in [0, 0.05) is 59.1 Å². The van der Waals surface area contributed by atoms with Gasteiger partial charge in [-0.1, -0.05) is 30.3 Å². The highest BCUT2D eigenvalue weighted by atomic mass is 16.5. The molecule has 0 amide bonds. The molecule has 2 aliphatic rings. The van der Waals surface area contributed by atoms with Crippen LogP contribution >= 0.6 is 0 Å². The number of ether oxygens (including phenoxy) is 3. The molecule has 2 unspecified atom stereocenters. The fourth-order valence-electron chi connectivity index (χ4n) is 4.06. The molecule has 6 nitrogen and oxygen atoms in total. The molecule has 2 fully saturated rings. The molecule has 162 valence electrons. The molecule has 2 aliphatic heterocycles. The predicted molar refractivity (Wildman–Crippen MR) is 116 cm³/mol. The topological polar surface area (TPSA) is 64.1 Å². The summed E-state index contributed by atoms with van der Waals surface area (Å²) in [6, 6.07) is 10.6. The van der Waals surface area contributed by atoms with Gasteiger partial charge in [0.25, 0.3) is 0 Å². The third kappa shape index (κ3) is 7.61. The minimum Gasteiger partial charge on any atom is -0.381 e. The molecule has 2 N–H and O–H groups in total. The van der Waals surface area contributed by atoms with E-state index in [-0.39, 0.29) is 6.10 Å². The molecule has 1 aromatic rings. The van der Waals surface area contributed by atoms with Crippen molar-refractivity contribution in [2.24, 2.45) is 16.8 Å². The Kier molecular flexibility index (Phi) is 9.76. The van der Waals surface area contributed by atoms with Crippen LogP contribution in [0.5, 0.6) is 0 Å². The van der Waals surface area contributed by atoms with Crippen molar-refractivity contribution in [3.8, 4) is 0 Å². The molecule has 0 saturated carbocycles. The second-order valence-electron chi connectivity index (χ2n) is 7.97. The van der Waals surface area contributed by atoms with E-state index < -0.39 is 0 Å². The average Bonchev–Trinajstić information content (AvgIpc) is 2.79. The van der Waals surface area contributed by atoms with Crippen LogP contribution in [0.25, 0.3) is 0 Å². The Labute approximate surface area is 175 Å². The third-order valence-electron chi connectivity index (χ3n) is 5.78. The van der Waals surface area contributed by atoms with E-state index >= 15 is 0 Å². The van der Waals surface area contributed by atoms with Crippen molar-refractivity contribution in [3.05, 3.63) is 35.9 Å². The normalized spacial score (nSPS) is 23.7. The maximum atomic E-state index is 6.09. The van der Waals surface area contributed by atoms with Gasteiger partial charge in [-0.3, -0.25) is 4.99 Å². The van der Waals surface area contributed by atoms with E-state index in [1.165, 1.54) is 12.0 Å². The van der Waals surface area contributed by atoms with Crippen molar-refractivity contribution in [1.29, 1.82) is 0 Å². The molecule has 29 heavy (non-hydrogen) atoms. The van der Waals surface area contributed by atoms with Crippen LogP contribution in [0.2, 0.25) is 0 Å². The standard InChI is InChI=1S/C23H37N3O3/c1-24-23(25-12-6-13-28-18-19-10-15-27-16-11-19)26-17-21-9-5-14-29-22(21)20-7-3-2-4-8-20/h2-4,7-8,19,21-22H,5-6,9-18H2,1H3,(H2,24,25,26). The first-order valence-electron chi connectivity index (χ1n) is 11.1. The number of hydrogen-bond donors (Lipinski definition) is 2. The molecule has 1 aromatic carbocycles. The van der Waals surface area contributed by atoms with Gasteiger partial charge in [-0.2, -0.15) is 0 Å². The monoisotopic (exact) mass is 403 g/mol. The average molecular weight is 404 g/mol. The Morgan fingerprint density at radius 1 is 1.10 bits per heavy atom. The van der Waals surface area contributed by atoms with Crippen molar-refractivity contribution in [3.63, 3.8) is 0 Å². The highest BCUT2D eigenvalue weighted by molar-refractivity contribution is 5.79. The lowest BCUT2D eigenvalue weighted by atomic mass is 9.89. The summed E-state index contributed by atoms with van der Waals surface area (Å²) in [4.78, 5) is 4.36. The van der Waals surface area contributed by atoms with E-state index in [1.54, 1.807) is 0 Å². The number of aliphatic imine (C=N–C) groups is 1. The largest absolute Gasteiger partial charge is 0.381 e. The van der Waals surface area contributed by atoms with E-state index in [9.17, 15) is 0 Å². The number of rotatable bonds is 9. The molecule has 2 atom stereocenters. The maximum absolute atomic E-state index is 6.09. The highest BCUT2D eigenvalue weighted by Gasteiger charge is 2.27. The summed E-state index contributed by atoms with van der Waals surface area (Å²) in [6.45, 7) is 5.98. The van der Waals surface area contributed by atoms with Crippen LogP contribution in [0, 0.1) is 11.8 Å². The van der Waals surface area contributed by atoms with Crippen molar-refractivity contribution in [2.75, 3.05) is 53.2 Å². The molecule has 0 radical (unpaired) electrons. The van der Waals surface area contributed by atoms with Crippen LogP contribution in [0.15, 0.2) is 35.3 Å². The Balaban J connectivity index is 1.32. The molecular weight excluding hydrogens is 366 g/mol. The molecule has 0 aliphatic carbocycles. The molecular formula is C23H37N3O3. The molecule has 3 rings (SSSR count). The number of benzene rings is 1. The second kappa shape index (κ2) is 12.8. The Bertz CT molecular complexity index is 590. The van der Waals surface area contributed by atoms with Gasteiger partial charge in [0.05, 0.1) is 6.10 Å². The Morgan fingerprint density at radius 2 is 1.93 bits per heavy atom. The van der Waals surface area contributed by atoms with Crippen molar-refractivity contribution >= 4 is 5.96 Å². The first-order chi connectivity index (χ1) is 14.4. The summed E-state index contributed by atoms with van der Waals surface area (Å²) in [5, 5.41) is 6.89. The van der Waals surface area contributed by atoms with Gasteiger partial charge in [0.15, 0.2) is 5.96 Å². The van der Waals surface area contributed by atoms with Crippen molar-refractivity contribution in [1.82, 2.24) is 10.6 Å². The number of nitrogens with zero attached hydrogens (tertiary/aromatic N) is 1. The van der Waals surface area contributed by atoms with Crippen LogP contribution in [0.3, 0.4) is 0 Å². The Hall–Kier alpha value is -1.63. The lowest BCUT2D eigenvalue weighted by Gasteiger charge is -2.32. The number of nitrogens with one attached hydrogen (secondary N) is 2. The third-order valence-corrected chi connectivity index (χ3v) is 5.78. The van der Waals surface area contributed by atoms with Gasteiger partial charge < -0.3 is 24.8 Å². The zero-order chi connectivity index (χ0) is 20.2. The summed E-state index contributed by atoms with van der Waals surface area (Å²) in [5.41, 5.74) is 1.27. The number of hydrogen-bond acceptors (Lipinski definition) is 4. The quantitative estimate of drug-likeness (QED) is 0.377. The van der Waals surface area contributed by atoms with E-state index in [0.717, 1.165) is 77.8 Å². The van der Waals surface area contributed by atoms with Gasteiger partial charge >= 0.3 is 0 Å². The predicted octanol–water partition coefficient (Wildman–Crippen LogP) is 3.15.